The molecule has 1 aromatic carbocycles. The molecule has 1 aliphatic heterocycles. The lowest BCUT2D eigenvalue weighted by Crippen LogP contribution is -2.43. The molecule has 0 saturated carbocycles. The second-order valence-corrected chi connectivity index (χ2v) is 8.54. The number of nitrogens with one attached hydrogen (secondary N) is 1. The molecular formula is C24H23N3O. The molecule has 1 atom stereocenters. The zero-order valence-electron chi connectivity index (χ0n) is 16.5. The van der Waals surface area contributed by atoms with E-state index in [1.54, 1.807) is 12.3 Å². The summed E-state index contributed by atoms with van der Waals surface area (Å²) < 4.78 is 0. The van der Waals surface area contributed by atoms with Crippen LogP contribution in [0.5, 0.6) is 0 Å². The fraction of sp³-hybridized carbons (Fsp3) is 0.292. The Kier molecular flexibility index (Phi) is 4.01. The number of Topliss-reactive ketones (excluding diaryl/α,β-unsaturated/α-hetero) is 1. The van der Waals surface area contributed by atoms with E-state index in [-0.39, 0.29) is 11.2 Å². The van der Waals surface area contributed by atoms with Gasteiger partial charge in [-0.1, -0.05) is 56.8 Å². The van der Waals surface area contributed by atoms with Crippen molar-refractivity contribution in [3.63, 3.8) is 0 Å². The van der Waals surface area contributed by atoms with Gasteiger partial charge in [-0.3, -0.25) is 4.79 Å². The molecule has 2 aliphatic rings. The molecule has 1 aliphatic carbocycles. The predicted octanol–water partition coefficient (Wildman–Crippen LogP) is 4.97. The Morgan fingerprint density at radius 1 is 1.21 bits per heavy atom. The lowest BCUT2D eigenvalue weighted by atomic mass is 9.61. The summed E-state index contributed by atoms with van der Waals surface area (Å²) in [5.41, 5.74) is 3.75. The molecule has 28 heavy (non-hydrogen) atoms. The molecule has 1 N–H and O–H groups in total. The van der Waals surface area contributed by atoms with Gasteiger partial charge in [0.1, 0.15) is 11.9 Å². The third-order valence-corrected chi connectivity index (χ3v) is 5.94. The fourth-order valence-corrected chi connectivity index (χ4v) is 4.72. The normalized spacial score (nSPS) is 22.6. The van der Waals surface area contributed by atoms with E-state index in [0.717, 1.165) is 28.8 Å². The second-order valence-electron chi connectivity index (χ2n) is 8.54. The van der Waals surface area contributed by atoms with Gasteiger partial charge < -0.3 is 5.32 Å². The third kappa shape index (κ3) is 2.51. The summed E-state index contributed by atoms with van der Waals surface area (Å²) in [6.07, 6.45) is 4.57. The van der Waals surface area contributed by atoms with E-state index in [1.807, 2.05) is 37.3 Å². The van der Waals surface area contributed by atoms with Gasteiger partial charge >= 0.3 is 0 Å². The van der Waals surface area contributed by atoms with Crippen LogP contribution in [0.4, 0.5) is 5.82 Å². The maximum Gasteiger partial charge on any atom is 0.162 e. The summed E-state index contributed by atoms with van der Waals surface area (Å²) in [6, 6.07) is 12.3. The van der Waals surface area contributed by atoms with Crippen LogP contribution in [-0.2, 0) is 10.2 Å². The van der Waals surface area contributed by atoms with Gasteiger partial charge in [0, 0.05) is 35.0 Å². The molecule has 4 heteroatoms. The Labute approximate surface area is 165 Å². The number of carbonyl (C=O) groups is 1. The van der Waals surface area contributed by atoms with Crippen LogP contribution in [0.15, 0.2) is 54.4 Å². The van der Waals surface area contributed by atoms with E-state index < -0.39 is 5.41 Å². The molecule has 1 aromatic heterocycles. The number of benzene rings is 1. The van der Waals surface area contributed by atoms with E-state index in [4.69, 9.17) is 0 Å². The molecule has 140 valence electrons. The van der Waals surface area contributed by atoms with Gasteiger partial charge in [0.2, 0.25) is 0 Å². The SMILES string of the molecule is C=Cc1cnc2c(c1C#N)C(C)(c1ccccc1)C1=C(CC(C)(C)CC1=O)N2. The molecule has 2 aromatic rings. The summed E-state index contributed by atoms with van der Waals surface area (Å²) in [4.78, 5) is 18.0. The molecule has 4 nitrogen and oxygen atoms in total. The highest BCUT2D eigenvalue weighted by Gasteiger charge is 2.49. The minimum Gasteiger partial charge on any atom is -0.343 e. The van der Waals surface area contributed by atoms with Crippen molar-refractivity contribution in [1.29, 1.82) is 5.26 Å². The average Bonchev–Trinajstić information content (AvgIpc) is 2.66. The molecule has 0 fully saturated rings. The first-order valence-electron chi connectivity index (χ1n) is 9.47. The quantitative estimate of drug-likeness (QED) is 0.811. The van der Waals surface area contributed by atoms with Crippen LogP contribution >= 0.6 is 0 Å². The number of hydrogen-bond acceptors (Lipinski definition) is 4. The summed E-state index contributed by atoms with van der Waals surface area (Å²) in [7, 11) is 0. The highest BCUT2D eigenvalue weighted by Crippen LogP contribution is 2.53. The van der Waals surface area contributed by atoms with E-state index in [0.29, 0.717) is 23.4 Å². The van der Waals surface area contributed by atoms with Gasteiger partial charge in [-0.15, -0.1) is 0 Å². The van der Waals surface area contributed by atoms with Crippen molar-refractivity contribution in [1.82, 2.24) is 4.98 Å². The lowest BCUT2D eigenvalue weighted by molar-refractivity contribution is -0.118. The zero-order chi connectivity index (χ0) is 20.1. The predicted molar refractivity (Wildman–Crippen MR) is 111 cm³/mol. The molecule has 0 radical (unpaired) electrons. The van der Waals surface area contributed by atoms with Gasteiger partial charge in [0.05, 0.1) is 11.0 Å². The van der Waals surface area contributed by atoms with Crippen molar-refractivity contribution in [3.8, 4) is 6.07 Å². The van der Waals surface area contributed by atoms with Crippen molar-refractivity contribution in [2.45, 2.75) is 39.0 Å². The Hall–Kier alpha value is -3.19. The smallest absolute Gasteiger partial charge is 0.162 e. The van der Waals surface area contributed by atoms with Gasteiger partial charge in [0.25, 0.3) is 0 Å². The van der Waals surface area contributed by atoms with Crippen LogP contribution in [0.25, 0.3) is 6.08 Å². The van der Waals surface area contributed by atoms with E-state index >= 15 is 0 Å². The number of allylic oxidation sites excluding steroid dienone is 2. The number of fused-ring (bicyclic) bond motifs is 1. The van der Waals surface area contributed by atoms with Crippen molar-refractivity contribution in [2.24, 2.45) is 5.41 Å². The molecule has 0 saturated heterocycles. The zero-order valence-corrected chi connectivity index (χ0v) is 16.5. The van der Waals surface area contributed by atoms with Crippen molar-refractivity contribution in [2.75, 3.05) is 5.32 Å². The summed E-state index contributed by atoms with van der Waals surface area (Å²) in [6.45, 7) is 10.1. The molecule has 0 spiro atoms. The topological polar surface area (TPSA) is 65.8 Å². The summed E-state index contributed by atoms with van der Waals surface area (Å²) in [5, 5.41) is 13.4. The number of ketones is 1. The number of pyridine rings is 1. The van der Waals surface area contributed by atoms with Gasteiger partial charge in [0.15, 0.2) is 5.78 Å². The second kappa shape index (κ2) is 6.17. The van der Waals surface area contributed by atoms with Gasteiger partial charge in [-0.25, -0.2) is 4.98 Å². The van der Waals surface area contributed by atoms with Gasteiger partial charge in [-0.05, 0) is 24.3 Å². The van der Waals surface area contributed by atoms with Crippen LogP contribution in [-0.4, -0.2) is 10.8 Å². The first-order valence-corrected chi connectivity index (χ1v) is 9.47. The van der Waals surface area contributed by atoms with Crippen molar-refractivity contribution >= 4 is 17.7 Å². The van der Waals surface area contributed by atoms with Crippen LogP contribution in [0, 0.1) is 16.7 Å². The molecule has 2 heterocycles. The first-order chi connectivity index (χ1) is 13.3. The number of nitrogens with zero attached hydrogens (tertiary/aromatic N) is 2. The third-order valence-electron chi connectivity index (χ3n) is 5.94. The minimum atomic E-state index is -0.748. The Bertz CT molecular complexity index is 1070. The monoisotopic (exact) mass is 369 g/mol. The highest BCUT2D eigenvalue weighted by atomic mass is 16.1. The lowest BCUT2D eigenvalue weighted by Gasteiger charge is -2.45. The van der Waals surface area contributed by atoms with E-state index in [1.165, 1.54) is 0 Å². The number of anilines is 1. The number of carbonyl (C=O) groups excluding carboxylic acids is 1. The van der Waals surface area contributed by atoms with E-state index in [9.17, 15) is 10.1 Å². The maximum atomic E-state index is 13.4. The maximum absolute atomic E-state index is 13.4. The minimum absolute atomic E-state index is 0.114. The van der Waals surface area contributed by atoms with Crippen LogP contribution in [0.2, 0.25) is 0 Å². The van der Waals surface area contributed by atoms with Crippen LogP contribution in [0.3, 0.4) is 0 Å². The largest absolute Gasteiger partial charge is 0.343 e. The Balaban J connectivity index is 2.11. The average molecular weight is 369 g/mol. The molecular weight excluding hydrogens is 346 g/mol. The standard InChI is InChI=1S/C24H23N3O/c1-5-15-14-26-22-20(17(15)13-25)24(4,16-9-7-6-8-10-16)21-18(27-22)11-23(2,3)12-19(21)28/h5-10,14H,1,11-12H2,2-4H3,(H,26,27). The molecule has 0 amide bonds. The number of nitriles is 1. The summed E-state index contributed by atoms with van der Waals surface area (Å²) >= 11 is 0. The first kappa shape index (κ1) is 18.2. The fourth-order valence-electron chi connectivity index (χ4n) is 4.72. The number of aromatic nitrogens is 1. The van der Waals surface area contributed by atoms with Gasteiger partial charge in [-0.2, -0.15) is 5.26 Å². The molecule has 4 rings (SSSR count). The highest BCUT2D eigenvalue weighted by molar-refractivity contribution is 6.03. The van der Waals surface area contributed by atoms with Crippen LogP contribution in [0.1, 0.15) is 55.9 Å². The Morgan fingerprint density at radius 3 is 2.57 bits per heavy atom. The van der Waals surface area contributed by atoms with Crippen molar-refractivity contribution < 1.29 is 4.79 Å². The van der Waals surface area contributed by atoms with Crippen molar-refractivity contribution in [3.05, 3.63) is 76.6 Å². The number of hydrogen-bond donors (Lipinski definition) is 1. The Morgan fingerprint density at radius 2 is 1.93 bits per heavy atom. The van der Waals surface area contributed by atoms with Crippen LogP contribution < -0.4 is 5.32 Å². The molecule has 0 bridgehead atoms. The number of rotatable bonds is 2. The molecule has 1 unspecified atom stereocenters. The van der Waals surface area contributed by atoms with E-state index in [2.05, 4.69) is 36.8 Å². The summed E-state index contributed by atoms with van der Waals surface area (Å²) in [5.74, 6) is 0.779.